The number of ether oxygens (including phenoxy) is 4. The van der Waals surface area contributed by atoms with Crippen molar-refractivity contribution in [3.8, 4) is 0 Å². The lowest BCUT2D eigenvalue weighted by Crippen LogP contribution is -2.60. The zero-order chi connectivity index (χ0) is 41.1. The van der Waals surface area contributed by atoms with Gasteiger partial charge in [0.1, 0.15) is 24.9 Å². The topological polar surface area (TPSA) is 169 Å². The van der Waals surface area contributed by atoms with Gasteiger partial charge in [0.05, 0.1) is 6.61 Å². The van der Waals surface area contributed by atoms with Gasteiger partial charge in [-0.3, -0.25) is 9.59 Å². The molecular weight excluding hydrogens is 716 g/mol. The van der Waals surface area contributed by atoms with Crippen molar-refractivity contribution in [2.45, 2.75) is 205 Å². The highest BCUT2D eigenvalue weighted by Crippen LogP contribution is 2.23. The van der Waals surface area contributed by atoms with Crippen molar-refractivity contribution in [2.75, 3.05) is 13.2 Å². The summed E-state index contributed by atoms with van der Waals surface area (Å²) in [5, 5.41) is 39.8. The van der Waals surface area contributed by atoms with Crippen LogP contribution in [0.15, 0.2) is 48.6 Å². The van der Waals surface area contributed by atoms with Crippen LogP contribution in [0.2, 0.25) is 0 Å². The van der Waals surface area contributed by atoms with Crippen molar-refractivity contribution in [1.29, 1.82) is 0 Å². The Kier molecular flexibility index (Phi) is 32.3. The van der Waals surface area contributed by atoms with Gasteiger partial charge in [0.15, 0.2) is 18.5 Å². The minimum absolute atomic E-state index is 0.169. The van der Waals surface area contributed by atoms with Gasteiger partial charge in [0, 0.05) is 12.8 Å². The first-order valence-corrected chi connectivity index (χ1v) is 21.7. The standard InChI is InChI=1S/C45H76O11/c1-3-5-7-9-11-13-15-17-18-19-20-22-23-25-27-29-31-33-38(46)53-35-37(36-54-45-42(50)40(48)41(49)43(56-45)44(51)52)55-39(47)34-32-30-28-26-24-21-16-14-12-10-8-6-4-2/h5,7,11,13-14,16-18,37,40-43,45,48-50H,3-4,6,8-10,12,15,19-36H2,1-2H3,(H,51,52)/b7-5-,13-11-,16-14-,18-17-. The summed E-state index contributed by atoms with van der Waals surface area (Å²) >= 11 is 0. The quantitative estimate of drug-likeness (QED) is 0.0275. The lowest BCUT2D eigenvalue weighted by Gasteiger charge is -2.38. The summed E-state index contributed by atoms with van der Waals surface area (Å²) in [6.07, 6.45) is 31.6. The van der Waals surface area contributed by atoms with Crippen LogP contribution in [0.4, 0.5) is 0 Å². The number of hydrogen-bond donors (Lipinski definition) is 4. The van der Waals surface area contributed by atoms with Gasteiger partial charge in [-0.2, -0.15) is 0 Å². The fourth-order valence-corrected chi connectivity index (χ4v) is 6.24. The van der Waals surface area contributed by atoms with Crippen LogP contribution in [0.1, 0.15) is 168 Å². The number of carbonyl (C=O) groups is 3. The predicted molar refractivity (Wildman–Crippen MR) is 220 cm³/mol. The van der Waals surface area contributed by atoms with E-state index in [1.807, 2.05) is 0 Å². The van der Waals surface area contributed by atoms with Gasteiger partial charge >= 0.3 is 17.9 Å². The first-order valence-electron chi connectivity index (χ1n) is 21.7. The molecule has 322 valence electrons. The van der Waals surface area contributed by atoms with E-state index in [9.17, 15) is 34.8 Å². The molecule has 1 aliphatic heterocycles. The highest BCUT2D eigenvalue weighted by atomic mass is 16.7. The van der Waals surface area contributed by atoms with E-state index in [0.29, 0.717) is 12.8 Å². The molecule has 6 atom stereocenters. The fraction of sp³-hybridized carbons (Fsp3) is 0.756. The van der Waals surface area contributed by atoms with Crippen molar-refractivity contribution in [2.24, 2.45) is 0 Å². The van der Waals surface area contributed by atoms with E-state index >= 15 is 0 Å². The second-order valence-electron chi connectivity index (χ2n) is 14.8. The normalized spacial score (nSPS) is 20.8. The minimum Gasteiger partial charge on any atom is -0.479 e. The van der Waals surface area contributed by atoms with Crippen molar-refractivity contribution in [3.05, 3.63) is 48.6 Å². The summed E-state index contributed by atoms with van der Waals surface area (Å²) in [5.41, 5.74) is 0. The number of hydrogen-bond acceptors (Lipinski definition) is 10. The van der Waals surface area contributed by atoms with Gasteiger partial charge in [0.25, 0.3) is 0 Å². The zero-order valence-corrected chi connectivity index (χ0v) is 34.6. The van der Waals surface area contributed by atoms with Crippen LogP contribution < -0.4 is 0 Å². The number of aliphatic hydroxyl groups excluding tert-OH is 3. The van der Waals surface area contributed by atoms with Crippen LogP contribution in [0.5, 0.6) is 0 Å². The largest absolute Gasteiger partial charge is 0.479 e. The molecule has 1 fully saturated rings. The van der Waals surface area contributed by atoms with Gasteiger partial charge in [-0.25, -0.2) is 4.79 Å². The summed E-state index contributed by atoms with van der Waals surface area (Å²) in [7, 11) is 0. The Morgan fingerprint density at radius 3 is 1.61 bits per heavy atom. The SMILES string of the molecule is CC/C=C\C/C=C\C/C=C\CCCCCCCCCC(=O)OCC(COC1OC(C(=O)O)C(O)C(O)C1O)OC(=O)CCCCCCC/C=C\CCCCCC. The van der Waals surface area contributed by atoms with E-state index in [1.54, 1.807) is 0 Å². The molecule has 0 amide bonds. The van der Waals surface area contributed by atoms with Gasteiger partial charge in [-0.1, -0.05) is 133 Å². The summed E-state index contributed by atoms with van der Waals surface area (Å²) in [6, 6.07) is 0. The molecule has 0 bridgehead atoms. The van der Waals surface area contributed by atoms with Crippen LogP contribution in [0.3, 0.4) is 0 Å². The number of carbonyl (C=O) groups excluding carboxylic acids is 2. The van der Waals surface area contributed by atoms with Crippen molar-refractivity contribution >= 4 is 17.9 Å². The van der Waals surface area contributed by atoms with Gasteiger partial charge in [-0.05, 0) is 70.6 Å². The number of carboxylic acids is 1. The molecule has 4 N–H and O–H groups in total. The summed E-state index contributed by atoms with van der Waals surface area (Å²) < 4.78 is 21.7. The molecule has 0 spiro atoms. The molecule has 6 unspecified atom stereocenters. The van der Waals surface area contributed by atoms with E-state index < -0.39 is 61.3 Å². The first kappa shape index (κ1) is 51.2. The number of aliphatic hydroxyl groups is 3. The van der Waals surface area contributed by atoms with E-state index in [0.717, 1.165) is 89.9 Å². The van der Waals surface area contributed by atoms with Crippen molar-refractivity contribution in [3.63, 3.8) is 0 Å². The van der Waals surface area contributed by atoms with Crippen LogP contribution in [-0.2, 0) is 33.3 Å². The number of unbranched alkanes of at least 4 members (excludes halogenated alkanes) is 16. The Bertz CT molecular complexity index is 1120. The average Bonchev–Trinajstić information content (AvgIpc) is 3.18. The number of aliphatic carboxylic acids is 1. The molecule has 1 heterocycles. The third-order valence-corrected chi connectivity index (χ3v) is 9.66. The van der Waals surface area contributed by atoms with Crippen molar-refractivity contribution < 1.29 is 53.8 Å². The molecule has 11 heteroatoms. The molecule has 1 aliphatic rings. The highest BCUT2D eigenvalue weighted by Gasteiger charge is 2.47. The number of allylic oxidation sites excluding steroid dienone is 8. The Morgan fingerprint density at radius 2 is 1.05 bits per heavy atom. The molecule has 56 heavy (non-hydrogen) atoms. The summed E-state index contributed by atoms with van der Waals surface area (Å²) in [6.45, 7) is 3.66. The lowest BCUT2D eigenvalue weighted by molar-refractivity contribution is -0.298. The third kappa shape index (κ3) is 26.9. The summed E-state index contributed by atoms with van der Waals surface area (Å²) in [4.78, 5) is 36.8. The Morgan fingerprint density at radius 1 is 0.571 bits per heavy atom. The van der Waals surface area contributed by atoms with Gasteiger partial charge in [0.2, 0.25) is 0 Å². The van der Waals surface area contributed by atoms with E-state index in [1.165, 1.54) is 38.5 Å². The molecule has 1 rings (SSSR count). The van der Waals surface area contributed by atoms with Crippen LogP contribution in [0, 0.1) is 0 Å². The number of esters is 2. The second kappa shape index (κ2) is 35.3. The van der Waals surface area contributed by atoms with Crippen LogP contribution in [0.25, 0.3) is 0 Å². The predicted octanol–water partition coefficient (Wildman–Crippen LogP) is 8.98. The first-order chi connectivity index (χ1) is 27.2. The highest BCUT2D eigenvalue weighted by molar-refractivity contribution is 5.73. The second-order valence-corrected chi connectivity index (χ2v) is 14.8. The number of carboxylic acid groups (broad SMARTS) is 1. The molecule has 0 aromatic rings. The van der Waals surface area contributed by atoms with E-state index in [4.69, 9.17) is 18.9 Å². The van der Waals surface area contributed by atoms with Gasteiger partial charge in [-0.15, -0.1) is 0 Å². The zero-order valence-electron chi connectivity index (χ0n) is 34.6. The lowest BCUT2D eigenvalue weighted by atomic mass is 9.99. The maximum absolute atomic E-state index is 12.7. The number of rotatable bonds is 35. The van der Waals surface area contributed by atoms with E-state index in [-0.39, 0.29) is 19.4 Å². The molecule has 1 saturated heterocycles. The molecule has 0 aliphatic carbocycles. The molecule has 0 aromatic heterocycles. The average molecular weight is 793 g/mol. The Hall–Kier alpha value is -2.83. The monoisotopic (exact) mass is 793 g/mol. The molecule has 0 aromatic carbocycles. The van der Waals surface area contributed by atoms with Crippen molar-refractivity contribution in [1.82, 2.24) is 0 Å². The molecular formula is C45H76O11. The molecule has 11 nitrogen and oxygen atoms in total. The third-order valence-electron chi connectivity index (χ3n) is 9.66. The van der Waals surface area contributed by atoms with E-state index in [2.05, 4.69) is 62.5 Å². The van der Waals surface area contributed by atoms with Gasteiger partial charge < -0.3 is 39.4 Å². The summed E-state index contributed by atoms with van der Waals surface area (Å²) in [5.74, 6) is -2.47. The smallest absolute Gasteiger partial charge is 0.335 e. The maximum atomic E-state index is 12.7. The fourth-order valence-electron chi connectivity index (χ4n) is 6.24. The Labute approximate surface area is 337 Å². The van der Waals surface area contributed by atoms with Crippen LogP contribution >= 0.6 is 0 Å². The maximum Gasteiger partial charge on any atom is 0.335 e. The van der Waals surface area contributed by atoms with Crippen LogP contribution in [-0.4, -0.2) is 88.4 Å². The Balaban J connectivity index is 2.39. The minimum atomic E-state index is -1.86. The molecule has 0 saturated carbocycles. The molecule has 0 radical (unpaired) electrons.